The van der Waals surface area contributed by atoms with Gasteiger partial charge in [0, 0.05) is 16.8 Å². The average molecular weight is 466 g/mol. The van der Waals surface area contributed by atoms with Crippen molar-refractivity contribution in [3.63, 3.8) is 0 Å². The van der Waals surface area contributed by atoms with Gasteiger partial charge in [-0.1, -0.05) is 58.5 Å². The Hall–Kier alpha value is -2.45. The molecule has 0 bridgehead atoms. The van der Waals surface area contributed by atoms with Crippen molar-refractivity contribution in [1.82, 2.24) is 0 Å². The third-order valence-electron chi connectivity index (χ3n) is 4.86. The Morgan fingerprint density at radius 1 is 1.21 bits per heavy atom. The van der Waals surface area contributed by atoms with E-state index >= 15 is 0 Å². The van der Waals surface area contributed by atoms with Crippen LogP contribution in [0.15, 0.2) is 59.2 Å². The lowest BCUT2D eigenvalue weighted by Crippen LogP contribution is -2.55. The highest BCUT2D eigenvalue weighted by Gasteiger charge is 2.56. The number of benzene rings is 1. The van der Waals surface area contributed by atoms with Crippen molar-refractivity contribution < 1.29 is 29.4 Å². The second-order valence-corrected chi connectivity index (χ2v) is 7.91. The van der Waals surface area contributed by atoms with Crippen LogP contribution < -0.4 is 0 Å². The molecule has 1 aliphatic carbocycles. The highest BCUT2D eigenvalue weighted by molar-refractivity contribution is 9.10. The number of ether oxygens (including phenoxy) is 2. The Kier molecular flexibility index (Phi) is 7.75. The van der Waals surface area contributed by atoms with Crippen LogP contribution in [0.4, 0.5) is 0 Å². The van der Waals surface area contributed by atoms with Crippen molar-refractivity contribution >= 4 is 33.6 Å². The normalized spacial score (nSPS) is 27.8. The van der Waals surface area contributed by atoms with Crippen LogP contribution in [0.2, 0.25) is 0 Å². The molecule has 7 nitrogen and oxygen atoms in total. The zero-order valence-electron chi connectivity index (χ0n) is 16.1. The molecule has 0 heterocycles. The van der Waals surface area contributed by atoms with Gasteiger partial charge in [0.25, 0.3) is 0 Å². The van der Waals surface area contributed by atoms with E-state index in [-0.39, 0.29) is 25.3 Å². The summed E-state index contributed by atoms with van der Waals surface area (Å²) in [6.45, 7) is 8.42. The van der Waals surface area contributed by atoms with Gasteiger partial charge in [-0.15, -0.1) is 0 Å². The fourth-order valence-corrected chi connectivity index (χ4v) is 3.95. The molecule has 1 saturated carbocycles. The molecule has 0 radical (unpaired) electrons. The topological polar surface area (TPSA) is 105 Å². The van der Waals surface area contributed by atoms with Gasteiger partial charge in [-0.25, -0.2) is 0 Å². The zero-order chi connectivity index (χ0) is 21.6. The van der Waals surface area contributed by atoms with Gasteiger partial charge in [-0.3, -0.25) is 9.59 Å². The van der Waals surface area contributed by atoms with Gasteiger partial charge in [-0.05, 0) is 24.6 Å². The molecule has 1 aromatic carbocycles. The fourth-order valence-electron chi connectivity index (χ4n) is 3.69. The molecule has 2 N–H and O–H groups in total. The van der Waals surface area contributed by atoms with E-state index in [0.717, 1.165) is 4.47 Å². The Morgan fingerprint density at radius 2 is 1.76 bits per heavy atom. The number of carbonyl (C=O) groups is 2. The van der Waals surface area contributed by atoms with Crippen molar-refractivity contribution in [3.8, 4) is 0 Å². The van der Waals surface area contributed by atoms with Crippen LogP contribution in [0.3, 0.4) is 0 Å². The third kappa shape index (κ3) is 5.13. The molecule has 8 heteroatoms. The predicted octanol–water partition coefficient (Wildman–Crippen LogP) is 3.21. The molecule has 156 valence electrons. The fraction of sp³-hybridized carbons (Fsp3) is 0.381. The number of carbonyl (C=O) groups excluding carboxylic acids is 2. The van der Waals surface area contributed by atoms with Crippen LogP contribution in [-0.4, -0.2) is 46.8 Å². The Morgan fingerprint density at radius 3 is 2.28 bits per heavy atom. The van der Waals surface area contributed by atoms with Gasteiger partial charge < -0.3 is 19.8 Å². The summed E-state index contributed by atoms with van der Waals surface area (Å²) >= 11 is 3.36. The number of halogens is 1. The van der Waals surface area contributed by atoms with Crippen LogP contribution in [0.25, 0.3) is 0 Å². The second-order valence-electron chi connectivity index (χ2n) is 7.00. The molecule has 1 fully saturated rings. The van der Waals surface area contributed by atoms with Crippen LogP contribution >= 0.6 is 15.9 Å². The first kappa shape index (κ1) is 22.8. The Labute approximate surface area is 177 Å². The average Bonchev–Trinajstić information content (AvgIpc) is 2.69. The van der Waals surface area contributed by atoms with E-state index in [1.165, 1.54) is 19.1 Å². The SMILES string of the molecule is C=CCOC(=O)[C@@H]1/C(=N/O)C[C@](C)(O)[C@@H](C(=O)OCC=C)[C@H]1c1ccc(Br)cc1. The largest absolute Gasteiger partial charge is 0.461 e. The van der Waals surface area contributed by atoms with E-state index in [1.807, 2.05) is 0 Å². The van der Waals surface area contributed by atoms with Crippen molar-refractivity contribution in [1.29, 1.82) is 0 Å². The molecule has 1 aliphatic rings. The second kappa shape index (κ2) is 9.84. The molecule has 0 amide bonds. The maximum atomic E-state index is 12.9. The van der Waals surface area contributed by atoms with Crippen molar-refractivity contribution in [2.75, 3.05) is 13.2 Å². The molecular weight excluding hydrogens is 442 g/mol. The highest BCUT2D eigenvalue weighted by atomic mass is 79.9. The van der Waals surface area contributed by atoms with E-state index in [9.17, 15) is 19.9 Å². The van der Waals surface area contributed by atoms with Gasteiger partial charge in [0.05, 0.1) is 17.2 Å². The number of hydrogen-bond acceptors (Lipinski definition) is 7. The van der Waals surface area contributed by atoms with E-state index in [2.05, 4.69) is 34.2 Å². The summed E-state index contributed by atoms with van der Waals surface area (Å²) in [7, 11) is 0. The van der Waals surface area contributed by atoms with Gasteiger partial charge in [0.1, 0.15) is 19.1 Å². The molecule has 29 heavy (non-hydrogen) atoms. The molecule has 2 rings (SSSR count). The number of oxime groups is 1. The minimum atomic E-state index is -1.62. The van der Waals surface area contributed by atoms with Gasteiger partial charge in [0.2, 0.25) is 0 Å². The number of aliphatic hydroxyl groups is 1. The first-order valence-corrected chi connectivity index (χ1v) is 9.79. The zero-order valence-corrected chi connectivity index (χ0v) is 17.7. The van der Waals surface area contributed by atoms with Gasteiger partial charge in [-0.2, -0.15) is 0 Å². The highest BCUT2D eigenvalue weighted by Crippen LogP contribution is 2.47. The lowest BCUT2D eigenvalue weighted by Gasteiger charge is -2.44. The quantitative estimate of drug-likeness (QED) is 0.277. The van der Waals surface area contributed by atoms with E-state index in [1.54, 1.807) is 24.3 Å². The van der Waals surface area contributed by atoms with Crippen LogP contribution in [-0.2, 0) is 19.1 Å². The van der Waals surface area contributed by atoms with Gasteiger partial charge >= 0.3 is 11.9 Å². The van der Waals surface area contributed by atoms with Crippen LogP contribution in [0.5, 0.6) is 0 Å². The molecule has 0 aliphatic heterocycles. The van der Waals surface area contributed by atoms with Crippen molar-refractivity contribution in [3.05, 3.63) is 59.6 Å². The number of hydrogen-bond donors (Lipinski definition) is 2. The summed E-state index contributed by atoms with van der Waals surface area (Å²) in [5.74, 6) is -4.41. The smallest absolute Gasteiger partial charge is 0.315 e. The molecule has 0 saturated heterocycles. The minimum absolute atomic E-state index is 0.0322. The maximum Gasteiger partial charge on any atom is 0.315 e. The molecule has 0 spiro atoms. The number of nitrogens with zero attached hydrogens (tertiary/aromatic N) is 1. The first-order valence-electron chi connectivity index (χ1n) is 9.00. The summed E-state index contributed by atoms with van der Waals surface area (Å²) in [5.41, 5.74) is -0.993. The summed E-state index contributed by atoms with van der Waals surface area (Å²) in [6.07, 6.45) is 2.63. The summed E-state index contributed by atoms with van der Waals surface area (Å²) in [6, 6.07) is 6.97. The maximum absolute atomic E-state index is 12.9. The molecule has 1 aromatic rings. The first-order chi connectivity index (χ1) is 13.8. The standard InChI is InChI=1S/C21H24BrNO6/c1-4-10-28-19(24)17-15(23-27)12-21(3,26)18(20(25)29-11-5-2)16(17)13-6-8-14(22)9-7-13/h4-9,16-18,26-27H,1-2,10-12H2,3H3/b23-15+/t16-,17+,18+,21-/m0/s1. The monoisotopic (exact) mass is 465 g/mol. The van der Waals surface area contributed by atoms with E-state index < -0.39 is 35.3 Å². The molecular formula is C21H24BrNO6. The lowest BCUT2D eigenvalue weighted by atomic mass is 9.61. The molecule has 0 aromatic heterocycles. The van der Waals surface area contributed by atoms with Crippen LogP contribution in [0, 0.1) is 11.8 Å². The van der Waals surface area contributed by atoms with Crippen molar-refractivity contribution in [2.45, 2.75) is 24.9 Å². The third-order valence-corrected chi connectivity index (χ3v) is 5.39. The minimum Gasteiger partial charge on any atom is -0.461 e. The number of esters is 2. The Balaban J connectivity index is 2.62. The summed E-state index contributed by atoms with van der Waals surface area (Å²) in [5, 5.41) is 23.9. The molecule has 4 atom stereocenters. The van der Waals surface area contributed by atoms with Gasteiger partial charge in [0.15, 0.2) is 0 Å². The Bertz CT molecular complexity index is 802. The summed E-state index contributed by atoms with van der Waals surface area (Å²) in [4.78, 5) is 25.7. The van der Waals surface area contributed by atoms with Crippen molar-refractivity contribution in [2.24, 2.45) is 17.0 Å². The molecule has 0 unspecified atom stereocenters. The van der Waals surface area contributed by atoms with E-state index in [0.29, 0.717) is 5.56 Å². The summed E-state index contributed by atoms with van der Waals surface area (Å²) < 4.78 is 11.2. The van der Waals surface area contributed by atoms with E-state index in [4.69, 9.17) is 9.47 Å². The predicted molar refractivity (Wildman–Crippen MR) is 111 cm³/mol. The number of rotatable bonds is 7. The lowest BCUT2D eigenvalue weighted by molar-refractivity contribution is -0.162. The van der Waals surface area contributed by atoms with Crippen LogP contribution in [0.1, 0.15) is 24.8 Å².